The number of hydrazone groups is 1. The second kappa shape index (κ2) is 6.95. The van der Waals surface area contributed by atoms with Crippen molar-refractivity contribution in [1.82, 2.24) is 5.43 Å². The highest BCUT2D eigenvalue weighted by atomic mass is 79.9. The molecule has 2 rings (SSSR count). The summed E-state index contributed by atoms with van der Waals surface area (Å²) in [6.07, 6.45) is 1.42. The van der Waals surface area contributed by atoms with Gasteiger partial charge in [0, 0.05) is 27.7 Å². The van der Waals surface area contributed by atoms with Crippen LogP contribution < -0.4 is 5.43 Å². The van der Waals surface area contributed by atoms with Crippen LogP contribution in [0.3, 0.4) is 0 Å². The monoisotopic (exact) mass is 361 g/mol. The van der Waals surface area contributed by atoms with Crippen LogP contribution in [0.1, 0.15) is 21.5 Å². The molecule has 0 spiro atoms. The van der Waals surface area contributed by atoms with Crippen molar-refractivity contribution in [3.05, 3.63) is 73.7 Å². The summed E-state index contributed by atoms with van der Waals surface area (Å²) < 4.78 is 0.523. The number of benzene rings is 2. The summed E-state index contributed by atoms with van der Waals surface area (Å²) in [5.74, 6) is -0.321. The van der Waals surface area contributed by atoms with E-state index in [1.807, 2.05) is 13.0 Å². The summed E-state index contributed by atoms with van der Waals surface area (Å²) in [7, 11) is 0. The third-order valence-electron chi connectivity index (χ3n) is 2.84. The van der Waals surface area contributed by atoms with Gasteiger partial charge in [-0.3, -0.25) is 14.9 Å². The molecule has 22 heavy (non-hydrogen) atoms. The van der Waals surface area contributed by atoms with Gasteiger partial charge in [-0.15, -0.1) is 0 Å². The molecule has 0 bridgehead atoms. The van der Waals surface area contributed by atoms with Crippen molar-refractivity contribution in [3.63, 3.8) is 0 Å². The van der Waals surface area contributed by atoms with E-state index >= 15 is 0 Å². The van der Waals surface area contributed by atoms with Crippen molar-refractivity contribution < 1.29 is 9.72 Å². The van der Waals surface area contributed by atoms with Gasteiger partial charge in [0.2, 0.25) is 0 Å². The third kappa shape index (κ3) is 3.98. The fourth-order valence-corrected chi connectivity index (χ4v) is 2.21. The Hall–Kier alpha value is -2.54. The van der Waals surface area contributed by atoms with Crippen LogP contribution in [0.5, 0.6) is 0 Å². The van der Waals surface area contributed by atoms with Gasteiger partial charge in [-0.05, 0) is 41.1 Å². The van der Waals surface area contributed by atoms with E-state index in [0.717, 1.165) is 5.56 Å². The Kier molecular flexibility index (Phi) is 5.00. The molecule has 0 aromatic heterocycles. The maximum absolute atomic E-state index is 11.9. The van der Waals surface area contributed by atoms with Crippen LogP contribution in [0.4, 0.5) is 5.69 Å². The number of nitrogens with one attached hydrogen (secondary N) is 1. The van der Waals surface area contributed by atoms with Crippen molar-refractivity contribution in [2.24, 2.45) is 5.10 Å². The summed E-state index contributed by atoms with van der Waals surface area (Å²) in [5, 5.41) is 14.5. The normalized spacial score (nSPS) is 10.6. The summed E-state index contributed by atoms with van der Waals surface area (Å²) in [5.41, 5.74) is 4.51. The number of nitro benzene ring substituents is 1. The van der Waals surface area contributed by atoms with Gasteiger partial charge in [0.1, 0.15) is 0 Å². The van der Waals surface area contributed by atoms with Crippen molar-refractivity contribution in [1.29, 1.82) is 0 Å². The largest absolute Gasteiger partial charge is 0.271 e. The molecule has 0 radical (unpaired) electrons. The Labute approximate surface area is 135 Å². The van der Waals surface area contributed by atoms with E-state index in [4.69, 9.17) is 0 Å². The highest BCUT2D eigenvalue weighted by Gasteiger charge is 2.08. The van der Waals surface area contributed by atoms with E-state index < -0.39 is 4.92 Å². The first-order chi connectivity index (χ1) is 10.5. The van der Waals surface area contributed by atoms with Crippen LogP contribution in [0.2, 0.25) is 0 Å². The van der Waals surface area contributed by atoms with E-state index in [0.29, 0.717) is 15.6 Å². The number of carbonyl (C=O) groups is 1. The highest BCUT2D eigenvalue weighted by molar-refractivity contribution is 9.10. The second-order valence-electron chi connectivity index (χ2n) is 4.53. The Morgan fingerprint density at radius 2 is 2.09 bits per heavy atom. The molecule has 0 aliphatic rings. The van der Waals surface area contributed by atoms with Gasteiger partial charge in [0.25, 0.3) is 11.6 Å². The van der Waals surface area contributed by atoms with Crippen LogP contribution in [0.25, 0.3) is 0 Å². The summed E-state index contributed by atoms with van der Waals surface area (Å²) >= 11 is 3.23. The maximum atomic E-state index is 11.9. The Morgan fingerprint density at radius 3 is 2.73 bits per heavy atom. The van der Waals surface area contributed by atoms with Crippen LogP contribution in [-0.4, -0.2) is 17.0 Å². The van der Waals surface area contributed by atoms with Crippen molar-refractivity contribution in [2.45, 2.75) is 6.92 Å². The van der Waals surface area contributed by atoms with Crippen LogP contribution in [-0.2, 0) is 0 Å². The molecule has 2 aromatic carbocycles. The summed E-state index contributed by atoms with van der Waals surface area (Å²) in [6.45, 7) is 1.90. The lowest BCUT2D eigenvalue weighted by Crippen LogP contribution is -2.17. The van der Waals surface area contributed by atoms with Crippen molar-refractivity contribution in [3.8, 4) is 0 Å². The topological polar surface area (TPSA) is 84.6 Å². The Bertz CT molecular complexity index is 759. The van der Waals surface area contributed by atoms with Crippen LogP contribution in [0.15, 0.2) is 52.0 Å². The number of halogens is 1. The lowest BCUT2D eigenvalue weighted by molar-refractivity contribution is -0.384. The first-order valence-corrected chi connectivity index (χ1v) is 7.10. The number of non-ortho nitro benzene ring substituents is 1. The molecule has 112 valence electrons. The predicted molar refractivity (Wildman–Crippen MR) is 87.0 cm³/mol. The molecule has 0 saturated heterocycles. The molecule has 7 heteroatoms. The van der Waals surface area contributed by atoms with E-state index in [-0.39, 0.29) is 11.6 Å². The molecule has 0 unspecified atom stereocenters. The molecule has 2 aromatic rings. The molecule has 0 heterocycles. The maximum Gasteiger partial charge on any atom is 0.271 e. The van der Waals surface area contributed by atoms with Gasteiger partial charge >= 0.3 is 0 Å². The number of carbonyl (C=O) groups excluding carboxylic acids is 1. The molecule has 0 fully saturated rings. The van der Waals surface area contributed by atoms with Gasteiger partial charge in [0.05, 0.1) is 11.1 Å². The zero-order valence-corrected chi connectivity index (χ0v) is 13.2. The minimum absolute atomic E-state index is 0.0205. The minimum atomic E-state index is -0.481. The lowest BCUT2D eigenvalue weighted by atomic mass is 10.1. The van der Waals surface area contributed by atoms with Gasteiger partial charge in [-0.1, -0.05) is 17.7 Å². The molecule has 0 atom stereocenters. The van der Waals surface area contributed by atoms with E-state index in [1.165, 1.54) is 18.3 Å². The highest BCUT2D eigenvalue weighted by Crippen LogP contribution is 2.21. The number of hydrogen-bond acceptors (Lipinski definition) is 4. The molecule has 0 saturated carbocycles. The zero-order chi connectivity index (χ0) is 16.1. The molecular formula is C15H12BrN3O3. The summed E-state index contributed by atoms with van der Waals surface area (Å²) in [6, 6.07) is 11.4. The number of hydrogen-bond donors (Lipinski definition) is 1. The summed E-state index contributed by atoms with van der Waals surface area (Å²) in [4.78, 5) is 22.1. The quantitative estimate of drug-likeness (QED) is 0.514. The fourth-order valence-electron chi connectivity index (χ4n) is 1.75. The molecule has 6 nitrogen and oxygen atoms in total. The molecule has 1 amide bonds. The SMILES string of the molecule is Cc1cccc(C(=O)N/N=C\c2ccc([N+](=O)[O-])cc2Br)c1. The number of amides is 1. The van der Waals surface area contributed by atoms with E-state index in [1.54, 1.807) is 24.3 Å². The van der Waals surface area contributed by atoms with E-state index in [9.17, 15) is 14.9 Å². The zero-order valence-electron chi connectivity index (χ0n) is 11.6. The van der Waals surface area contributed by atoms with Gasteiger partial charge in [-0.25, -0.2) is 5.43 Å². The van der Waals surface area contributed by atoms with Gasteiger partial charge < -0.3 is 0 Å². The van der Waals surface area contributed by atoms with Crippen molar-refractivity contribution in [2.75, 3.05) is 0 Å². The molecular weight excluding hydrogens is 350 g/mol. The van der Waals surface area contributed by atoms with Gasteiger partial charge in [-0.2, -0.15) is 5.10 Å². The number of rotatable bonds is 4. The first-order valence-electron chi connectivity index (χ1n) is 6.31. The first kappa shape index (κ1) is 15.8. The average molecular weight is 362 g/mol. The number of nitro groups is 1. The second-order valence-corrected chi connectivity index (χ2v) is 5.39. The average Bonchev–Trinajstić information content (AvgIpc) is 2.48. The molecule has 0 aliphatic heterocycles. The van der Waals surface area contributed by atoms with Crippen molar-refractivity contribution >= 4 is 33.7 Å². The predicted octanol–water partition coefficient (Wildman–Crippen LogP) is 3.43. The lowest BCUT2D eigenvalue weighted by Gasteiger charge is -2.01. The molecule has 1 N–H and O–H groups in total. The third-order valence-corrected chi connectivity index (χ3v) is 3.53. The smallest absolute Gasteiger partial charge is 0.267 e. The minimum Gasteiger partial charge on any atom is -0.267 e. The Morgan fingerprint density at radius 1 is 1.32 bits per heavy atom. The van der Waals surface area contributed by atoms with Crippen LogP contribution >= 0.6 is 15.9 Å². The number of nitrogens with zero attached hydrogens (tertiary/aromatic N) is 2. The Balaban J connectivity index is 2.06. The number of aryl methyl sites for hydroxylation is 1. The molecule has 0 aliphatic carbocycles. The van der Waals surface area contributed by atoms with E-state index in [2.05, 4.69) is 26.5 Å². The van der Waals surface area contributed by atoms with Crippen LogP contribution in [0, 0.1) is 17.0 Å². The fraction of sp³-hybridized carbons (Fsp3) is 0.0667. The van der Waals surface area contributed by atoms with Gasteiger partial charge in [0.15, 0.2) is 0 Å². The standard InChI is InChI=1S/C15H12BrN3O3/c1-10-3-2-4-11(7-10)15(20)18-17-9-12-5-6-13(19(21)22)8-14(12)16/h2-9H,1H3,(H,18,20)/b17-9-.